The number of anilines is 1. The smallest absolute Gasteiger partial charge is 0.341 e. The lowest BCUT2D eigenvalue weighted by atomic mass is 10.0. The molecule has 2 aromatic heterocycles. The number of halogens is 1. The highest BCUT2D eigenvalue weighted by molar-refractivity contribution is 7.17. The average Bonchev–Trinajstić information content (AvgIpc) is 2.99. The fourth-order valence-electron chi connectivity index (χ4n) is 2.67. The Kier molecular flexibility index (Phi) is 5.88. The lowest BCUT2D eigenvalue weighted by Crippen LogP contribution is -2.14. The second-order valence-corrected chi connectivity index (χ2v) is 7.32. The van der Waals surface area contributed by atoms with Gasteiger partial charge in [-0.3, -0.25) is 9.78 Å². The third-order valence-electron chi connectivity index (χ3n) is 3.87. The van der Waals surface area contributed by atoms with Crippen LogP contribution in [0.4, 0.5) is 5.00 Å². The summed E-state index contributed by atoms with van der Waals surface area (Å²) in [5, 5.41) is 3.90. The van der Waals surface area contributed by atoms with E-state index in [9.17, 15) is 9.59 Å². The zero-order valence-corrected chi connectivity index (χ0v) is 16.4. The maximum Gasteiger partial charge on any atom is 0.341 e. The molecule has 2 heterocycles. The van der Waals surface area contributed by atoms with Crippen molar-refractivity contribution in [3.8, 4) is 11.1 Å². The molecule has 5 nitrogen and oxygen atoms in total. The number of benzene rings is 1. The number of thiophene rings is 1. The Bertz CT molecular complexity index is 969. The molecule has 0 unspecified atom stereocenters. The van der Waals surface area contributed by atoms with E-state index in [4.69, 9.17) is 16.3 Å². The van der Waals surface area contributed by atoms with Crippen molar-refractivity contribution in [2.24, 2.45) is 0 Å². The van der Waals surface area contributed by atoms with Crippen LogP contribution in [0.2, 0.25) is 5.02 Å². The van der Waals surface area contributed by atoms with Crippen molar-refractivity contribution in [3.05, 3.63) is 69.8 Å². The predicted octanol–water partition coefficient (Wildman–Crippen LogP) is 5.20. The fraction of sp³-hybridized carbons (Fsp3) is 0.150. The standard InChI is InChI=1S/C20H17ClN2O3S/c1-3-26-20(25)17-16(13-4-6-15(21)7-5-13)12(2)27-19(17)23-18(24)14-8-10-22-11-9-14/h4-11H,3H2,1-2H3,(H,23,24). The minimum absolute atomic E-state index is 0.242. The van der Waals surface area contributed by atoms with Gasteiger partial charge in [-0.05, 0) is 43.7 Å². The van der Waals surface area contributed by atoms with Crippen LogP contribution in [0.15, 0.2) is 48.8 Å². The van der Waals surface area contributed by atoms with Crippen LogP contribution in [-0.2, 0) is 4.74 Å². The largest absolute Gasteiger partial charge is 0.462 e. The Morgan fingerprint density at radius 3 is 2.44 bits per heavy atom. The van der Waals surface area contributed by atoms with Crippen molar-refractivity contribution in [2.45, 2.75) is 13.8 Å². The van der Waals surface area contributed by atoms with Gasteiger partial charge >= 0.3 is 5.97 Å². The zero-order valence-electron chi connectivity index (χ0n) is 14.8. The molecule has 0 atom stereocenters. The van der Waals surface area contributed by atoms with Crippen LogP contribution in [0.3, 0.4) is 0 Å². The molecule has 0 radical (unpaired) electrons. The van der Waals surface area contributed by atoms with Gasteiger partial charge < -0.3 is 10.1 Å². The highest BCUT2D eigenvalue weighted by atomic mass is 35.5. The highest BCUT2D eigenvalue weighted by Gasteiger charge is 2.25. The lowest BCUT2D eigenvalue weighted by molar-refractivity contribution is 0.0529. The molecule has 0 aliphatic heterocycles. The molecule has 7 heteroatoms. The third-order valence-corrected chi connectivity index (χ3v) is 5.14. The number of rotatable bonds is 5. The maximum absolute atomic E-state index is 12.7. The first-order valence-corrected chi connectivity index (χ1v) is 9.48. The summed E-state index contributed by atoms with van der Waals surface area (Å²) in [4.78, 5) is 30.0. The summed E-state index contributed by atoms with van der Waals surface area (Å²) in [7, 11) is 0. The molecule has 0 bridgehead atoms. The molecule has 1 aromatic carbocycles. The molecule has 0 spiro atoms. The Balaban J connectivity index is 2.06. The van der Waals surface area contributed by atoms with Gasteiger partial charge in [-0.1, -0.05) is 23.7 Å². The summed E-state index contributed by atoms with van der Waals surface area (Å²) in [6, 6.07) is 10.4. The van der Waals surface area contributed by atoms with Gasteiger partial charge in [0.15, 0.2) is 0 Å². The van der Waals surface area contributed by atoms with Crippen LogP contribution in [0.25, 0.3) is 11.1 Å². The van der Waals surface area contributed by atoms with E-state index in [0.29, 0.717) is 21.2 Å². The maximum atomic E-state index is 12.7. The molecule has 27 heavy (non-hydrogen) atoms. The summed E-state index contributed by atoms with van der Waals surface area (Å²) >= 11 is 7.32. The Morgan fingerprint density at radius 2 is 1.81 bits per heavy atom. The first-order chi connectivity index (χ1) is 13.0. The van der Waals surface area contributed by atoms with Crippen molar-refractivity contribution in [2.75, 3.05) is 11.9 Å². The number of nitrogens with one attached hydrogen (secondary N) is 1. The summed E-state index contributed by atoms with van der Waals surface area (Å²) in [5.74, 6) is -0.788. The molecule has 3 rings (SSSR count). The number of carbonyl (C=O) groups is 2. The minimum atomic E-state index is -0.475. The summed E-state index contributed by atoms with van der Waals surface area (Å²) in [6.07, 6.45) is 3.08. The Labute approximate surface area is 166 Å². The number of aryl methyl sites for hydroxylation is 1. The second-order valence-electron chi connectivity index (χ2n) is 5.65. The van der Waals surface area contributed by atoms with Crippen LogP contribution in [-0.4, -0.2) is 23.5 Å². The lowest BCUT2D eigenvalue weighted by Gasteiger charge is -2.09. The first-order valence-electron chi connectivity index (χ1n) is 8.29. The van der Waals surface area contributed by atoms with Gasteiger partial charge in [0.1, 0.15) is 10.6 Å². The summed E-state index contributed by atoms with van der Waals surface area (Å²) in [5.41, 5.74) is 2.38. The van der Waals surface area contributed by atoms with Gasteiger partial charge in [-0.25, -0.2) is 4.79 Å². The molecule has 0 saturated heterocycles. The van der Waals surface area contributed by atoms with Crippen LogP contribution in [0.1, 0.15) is 32.5 Å². The molecular formula is C20H17ClN2O3S. The van der Waals surface area contributed by atoms with Crippen LogP contribution < -0.4 is 5.32 Å². The van der Waals surface area contributed by atoms with Crippen LogP contribution in [0.5, 0.6) is 0 Å². The van der Waals surface area contributed by atoms with E-state index in [1.807, 2.05) is 19.1 Å². The van der Waals surface area contributed by atoms with Gasteiger partial charge in [-0.15, -0.1) is 11.3 Å². The monoisotopic (exact) mass is 400 g/mol. The molecule has 138 valence electrons. The SMILES string of the molecule is CCOC(=O)c1c(NC(=O)c2ccncc2)sc(C)c1-c1ccc(Cl)cc1. The number of carbonyl (C=O) groups excluding carboxylic acids is 2. The van der Waals surface area contributed by atoms with E-state index in [1.165, 1.54) is 11.3 Å². The number of hydrogen-bond donors (Lipinski definition) is 1. The fourth-order valence-corrected chi connectivity index (χ4v) is 3.86. The van der Waals surface area contributed by atoms with Gasteiger partial charge in [0.25, 0.3) is 5.91 Å². The van der Waals surface area contributed by atoms with Crippen molar-refractivity contribution in [1.29, 1.82) is 0 Å². The molecule has 1 N–H and O–H groups in total. The first kappa shape index (κ1) is 19.1. The molecule has 0 aliphatic rings. The van der Waals surface area contributed by atoms with E-state index >= 15 is 0 Å². The number of aromatic nitrogens is 1. The Morgan fingerprint density at radius 1 is 1.15 bits per heavy atom. The number of pyridine rings is 1. The summed E-state index contributed by atoms with van der Waals surface area (Å²) < 4.78 is 5.24. The summed E-state index contributed by atoms with van der Waals surface area (Å²) in [6.45, 7) is 3.89. The van der Waals surface area contributed by atoms with Crippen molar-refractivity contribution < 1.29 is 14.3 Å². The predicted molar refractivity (Wildman–Crippen MR) is 108 cm³/mol. The normalized spacial score (nSPS) is 10.5. The number of amides is 1. The van der Waals surface area contributed by atoms with Crippen molar-refractivity contribution in [3.63, 3.8) is 0 Å². The highest BCUT2D eigenvalue weighted by Crippen LogP contribution is 2.40. The number of hydrogen-bond acceptors (Lipinski definition) is 5. The van der Waals surface area contributed by atoms with Gasteiger partial charge in [0.2, 0.25) is 0 Å². The topological polar surface area (TPSA) is 68.3 Å². The minimum Gasteiger partial charge on any atom is -0.462 e. The second kappa shape index (κ2) is 8.33. The molecule has 1 amide bonds. The third kappa shape index (κ3) is 4.18. The molecule has 0 saturated carbocycles. The molecule has 0 fully saturated rings. The molecule has 0 aliphatic carbocycles. The van der Waals surface area contributed by atoms with Crippen molar-refractivity contribution >= 4 is 39.8 Å². The van der Waals surface area contributed by atoms with Gasteiger partial charge in [-0.2, -0.15) is 0 Å². The quantitative estimate of drug-likeness (QED) is 0.597. The van der Waals surface area contributed by atoms with E-state index in [-0.39, 0.29) is 12.5 Å². The Hall–Kier alpha value is -2.70. The van der Waals surface area contributed by atoms with E-state index in [2.05, 4.69) is 10.3 Å². The zero-order chi connectivity index (χ0) is 19.4. The number of nitrogens with zero attached hydrogens (tertiary/aromatic N) is 1. The average molecular weight is 401 g/mol. The molecule has 3 aromatic rings. The molecular weight excluding hydrogens is 384 g/mol. The van der Waals surface area contributed by atoms with Crippen molar-refractivity contribution in [1.82, 2.24) is 4.98 Å². The van der Waals surface area contributed by atoms with Crippen LogP contribution >= 0.6 is 22.9 Å². The van der Waals surface area contributed by atoms with E-state index in [0.717, 1.165) is 16.0 Å². The van der Waals surface area contributed by atoms with E-state index < -0.39 is 5.97 Å². The number of ether oxygens (including phenoxy) is 1. The van der Waals surface area contributed by atoms with Gasteiger partial charge in [0.05, 0.1) is 6.61 Å². The van der Waals surface area contributed by atoms with E-state index in [1.54, 1.807) is 43.6 Å². The van der Waals surface area contributed by atoms with Gasteiger partial charge in [0, 0.05) is 33.4 Å². The van der Waals surface area contributed by atoms with Crippen LogP contribution in [0, 0.1) is 6.92 Å². The number of esters is 1.